The van der Waals surface area contributed by atoms with E-state index >= 15 is 0 Å². The first-order chi connectivity index (χ1) is 9.41. The fourth-order valence-corrected chi connectivity index (χ4v) is 1.76. The van der Waals surface area contributed by atoms with Gasteiger partial charge in [-0.3, -0.25) is 0 Å². The van der Waals surface area contributed by atoms with E-state index < -0.39 is 0 Å². The molecule has 0 aromatic carbocycles. The van der Waals surface area contributed by atoms with Gasteiger partial charge >= 0.3 is 0 Å². The molecule has 19 heavy (non-hydrogen) atoms. The van der Waals surface area contributed by atoms with Crippen LogP contribution in [0, 0.1) is 0 Å². The smallest absolute Gasteiger partial charge is 0.188 e. The van der Waals surface area contributed by atoms with Gasteiger partial charge in [-0.2, -0.15) is 0 Å². The van der Waals surface area contributed by atoms with Crippen molar-refractivity contribution in [2.45, 2.75) is 71.1 Å². The van der Waals surface area contributed by atoms with Crippen LogP contribution >= 0.6 is 0 Å². The van der Waals surface area contributed by atoms with Crippen LogP contribution in [0.1, 0.15) is 71.1 Å². The zero-order valence-corrected chi connectivity index (χ0v) is 12.4. The highest BCUT2D eigenvalue weighted by molar-refractivity contribution is 5.48. The second-order valence-electron chi connectivity index (χ2n) is 4.78. The Bertz CT molecular complexity index is 202. The molecule has 0 aliphatic carbocycles. The Morgan fingerprint density at radius 3 is 2.37 bits per heavy atom. The summed E-state index contributed by atoms with van der Waals surface area (Å²) in [5.41, 5.74) is 0. The predicted octanol–water partition coefficient (Wildman–Crippen LogP) is 4.61. The molecule has 0 fully saturated rings. The molecule has 0 amide bonds. The molecule has 0 rings (SSSR count). The summed E-state index contributed by atoms with van der Waals surface area (Å²) in [7, 11) is 0. The molecule has 0 saturated heterocycles. The summed E-state index contributed by atoms with van der Waals surface area (Å²) >= 11 is 0. The molecule has 0 aromatic heterocycles. The van der Waals surface area contributed by atoms with Crippen LogP contribution in [0.25, 0.3) is 0 Å². The van der Waals surface area contributed by atoms with Gasteiger partial charge in [0.15, 0.2) is 6.79 Å². The Morgan fingerprint density at radius 2 is 1.63 bits per heavy atom. The van der Waals surface area contributed by atoms with Crippen molar-refractivity contribution in [2.24, 2.45) is 0 Å². The van der Waals surface area contributed by atoms with Gasteiger partial charge in [0, 0.05) is 6.42 Å². The molecule has 0 spiro atoms. The molecule has 0 atom stereocenters. The van der Waals surface area contributed by atoms with Crippen LogP contribution in [0.2, 0.25) is 0 Å². The van der Waals surface area contributed by atoms with E-state index in [9.17, 15) is 4.79 Å². The van der Waals surface area contributed by atoms with E-state index in [1.54, 1.807) is 6.26 Å². The van der Waals surface area contributed by atoms with Crippen molar-refractivity contribution in [3.63, 3.8) is 0 Å². The lowest BCUT2D eigenvalue weighted by Crippen LogP contribution is -1.98. The normalized spacial score (nSPS) is 11.0. The molecule has 0 heterocycles. The second-order valence-corrected chi connectivity index (χ2v) is 4.78. The number of carbonyl (C=O) groups excluding carboxylic acids is 1. The molecule has 0 unspecified atom stereocenters. The van der Waals surface area contributed by atoms with E-state index in [4.69, 9.17) is 9.47 Å². The van der Waals surface area contributed by atoms with Crippen molar-refractivity contribution in [2.75, 3.05) is 13.4 Å². The van der Waals surface area contributed by atoms with Crippen LogP contribution < -0.4 is 0 Å². The lowest BCUT2D eigenvalue weighted by atomic mass is 10.1. The molecule has 3 nitrogen and oxygen atoms in total. The molecule has 0 aliphatic heterocycles. The third-order valence-corrected chi connectivity index (χ3v) is 2.93. The molecule has 0 N–H and O–H groups in total. The molecular weight excluding hydrogens is 240 g/mol. The first-order valence-corrected chi connectivity index (χ1v) is 7.69. The van der Waals surface area contributed by atoms with E-state index in [2.05, 4.69) is 6.92 Å². The lowest BCUT2D eigenvalue weighted by Gasteiger charge is -2.04. The predicted molar refractivity (Wildman–Crippen MR) is 79.0 cm³/mol. The van der Waals surface area contributed by atoms with Crippen molar-refractivity contribution in [1.82, 2.24) is 0 Å². The lowest BCUT2D eigenvalue weighted by molar-refractivity contribution is -0.107. The van der Waals surface area contributed by atoms with Gasteiger partial charge in [-0.1, -0.05) is 45.4 Å². The van der Waals surface area contributed by atoms with Crippen LogP contribution in [-0.4, -0.2) is 19.7 Å². The highest BCUT2D eigenvalue weighted by Gasteiger charge is 1.91. The SMILES string of the molecule is CCCCCCCCCOCOC=CCCCC=O. The van der Waals surface area contributed by atoms with Crippen LogP contribution in [0.5, 0.6) is 0 Å². The van der Waals surface area contributed by atoms with Crippen molar-refractivity contribution >= 4 is 6.29 Å². The van der Waals surface area contributed by atoms with Crippen LogP contribution in [0.3, 0.4) is 0 Å². The third-order valence-electron chi connectivity index (χ3n) is 2.93. The van der Waals surface area contributed by atoms with Crippen molar-refractivity contribution in [3.8, 4) is 0 Å². The highest BCUT2D eigenvalue weighted by atomic mass is 16.7. The fourth-order valence-electron chi connectivity index (χ4n) is 1.76. The summed E-state index contributed by atoms with van der Waals surface area (Å²) in [6.45, 7) is 3.36. The minimum atomic E-state index is 0.333. The number of carbonyl (C=O) groups is 1. The average molecular weight is 270 g/mol. The topological polar surface area (TPSA) is 35.5 Å². The minimum absolute atomic E-state index is 0.333. The van der Waals surface area contributed by atoms with Crippen LogP contribution in [0.4, 0.5) is 0 Å². The van der Waals surface area contributed by atoms with Crippen LogP contribution in [0.15, 0.2) is 12.3 Å². The summed E-state index contributed by atoms with van der Waals surface area (Å²) in [6, 6.07) is 0. The van der Waals surface area contributed by atoms with Gasteiger partial charge in [0.2, 0.25) is 0 Å². The van der Waals surface area contributed by atoms with E-state index in [0.717, 1.165) is 32.2 Å². The van der Waals surface area contributed by atoms with Crippen molar-refractivity contribution < 1.29 is 14.3 Å². The molecule has 3 heteroatoms. The highest BCUT2D eigenvalue weighted by Crippen LogP contribution is 2.06. The van der Waals surface area contributed by atoms with E-state index in [-0.39, 0.29) is 0 Å². The summed E-state index contributed by atoms with van der Waals surface area (Å²) in [6.07, 6.45) is 16.0. The molecule has 0 aliphatic rings. The van der Waals surface area contributed by atoms with E-state index in [1.165, 1.54) is 38.5 Å². The number of hydrogen-bond donors (Lipinski definition) is 0. The van der Waals surface area contributed by atoms with Gasteiger partial charge in [-0.15, -0.1) is 0 Å². The Kier molecular flexibility index (Phi) is 16.4. The molecule has 0 aromatic rings. The summed E-state index contributed by atoms with van der Waals surface area (Å²) in [5, 5.41) is 0. The number of hydrogen-bond acceptors (Lipinski definition) is 3. The zero-order valence-electron chi connectivity index (χ0n) is 12.4. The Balaban J connectivity index is 3.00. The third kappa shape index (κ3) is 17.2. The minimum Gasteiger partial charge on any atom is -0.475 e. The van der Waals surface area contributed by atoms with Gasteiger partial charge in [0.1, 0.15) is 6.29 Å². The fraction of sp³-hybridized carbons (Fsp3) is 0.812. The molecule has 0 bridgehead atoms. The number of allylic oxidation sites excluding steroid dienone is 1. The molecule has 112 valence electrons. The number of aldehydes is 1. The van der Waals surface area contributed by atoms with Gasteiger partial charge in [0.25, 0.3) is 0 Å². The quantitative estimate of drug-likeness (QED) is 0.189. The Labute approximate surface area is 118 Å². The van der Waals surface area contributed by atoms with Crippen LogP contribution in [-0.2, 0) is 14.3 Å². The summed E-state index contributed by atoms with van der Waals surface area (Å²) in [5.74, 6) is 0. The first kappa shape index (κ1) is 18.2. The molecule has 0 saturated carbocycles. The second kappa shape index (κ2) is 17.2. The maximum absolute atomic E-state index is 10.1. The summed E-state index contributed by atoms with van der Waals surface area (Å²) in [4.78, 5) is 10.1. The maximum atomic E-state index is 10.1. The molecular formula is C16H30O3. The number of rotatable bonds is 15. The summed E-state index contributed by atoms with van der Waals surface area (Å²) < 4.78 is 10.5. The van der Waals surface area contributed by atoms with Crippen molar-refractivity contribution in [3.05, 3.63) is 12.3 Å². The van der Waals surface area contributed by atoms with Crippen molar-refractivity contribution in [1.29, 1.82) is 0 Å². The van der Waals surface area contributed by atoms with Gasteiger partial charge in [-0.05, 0) is 25.3 Å². The molecule has 0 radical (unpaired) electrons. The maximum Gasteiger partial charge on any atom is 0.188 e. The number of unbranched alkanes of at least 4 members (excludes halogenated alkanes) is 8. The number of ether oxygens (including phenoxy) is 2. The average Bonchev–Trinajstić information content (AvgIpc) is 2.43. The van der Waals surface area contributed by atoms with Gasteiger partial charge in [0.05, 0.1) is 12.9 Å². The monoisotopic (exact) mass is 270 g/mol. The van der Waals surface area contributed by atoms with E-state index in [1.807, 2.05) is 6.08 Å². The van der Waals surface area contributed by atoms with E-state index in [0.29, 0.717) is 13.2 Å². The zero-order chi connectivity index (χ0) is 14.0. The standard InChI is InChI=1S/C16H30O3/c1-2-3-4-5-6-8-11-14-18-16-19-15-12-9-7-10-13-17/h12-13,15H,2-11,14,16H2,1H3. The Morgan fingerprint density at radius 1 is 0.895 bits per heavy atom. The Hall–Kier alpha value is -0.830. The first-order valence-electron chi connectivity index (χ1n) is 7.69. The largest absolute Gasteiger partial charge is 0.475 e. The van der Waals surface area contributed by atoms with Gasteiger partial charge < -0.3 is 14.3 Å². The van der Waals surface area contributed by atoms with Gasteiger partial charge in [-0.25, -0.2) is 0 Å².